The van der Waals surface area contributed by atoms with Crippen LogP contribution in [-0.2, 0) is 19.2 Å². The summed E-state index contributed by atoms with van der Waals surface area (Å²) in [6.45, 7) is 3.70. The first kappa shape index (κ1) is 25.0. The molecule has 4 aromatic rings. The number of aryl methyl sites for hydroxylation is 2. The predicted octanol–water partition coefficient (Wildman–Crippen LogP) is 3.93. The SMILES string of the molecule is Cc1ccccc1N1C(=O)[C@H]2[C@@H](C1=O)N1[C@H](c3ccco3)[C@H]3C(=O)N(c4ccccc4C)C(=O)[C@H]3N1[C@H]2c1ccco1. The average Bonchev–Trinajstić information content (AvgIpc) is 3.81. The van der Waals surface area contributed by atoms with Crippen molar-refractivity contribution in [3.8, 4) is 0 Å². The predicted molar refractivity (Wildman–Crippen MR) is 148 cm³/mol. The number of fused-ring (bicyclic) bond motifs is 5. The second-order valence-corrected chi connectivity index (χ2v) is 11.2. The van der Waals surface area contributed by atoms with Crippen LogP contribution in [0.25, 0.3) is 0 Å². The summed E-state index contributed by atoms with van der Waals surface area (Å²) in [6, 6.07) is 17.9. The van der Waals surface area contributed by atoms with Crippen LogP contribution < -0.4 is 9.80 Å². The molecule has 2 aromatic carbocycles. The second kappa shape index (κ2) is 8.85. The van der Waals surface area contributed by atoms with Gasteiger partial charge in [0.25, 0.3) is 11.8 Å². The molecule has 4 amide bonds. The Labute approximate surface area is 240 Å². The van der Waals surface area contributed by atoms with E-state index in [1.165, 1.54) is 22.3 Å². The first-order valence-corrected chi connectivity index (χ1v) is 13.9. The summed E-state index contributed by atoms with van der Waals surface area (Å²) in [5.74, 6) is -2.46. The number of hydrogen-bond acceptors (Lipinski definition) is 8. The van der Waals surface area contributed by atoms with E-state index in [1.54, 1.807) is 58.5 Å². The van der Waals surface area contributed by atoms with Gasteiger partial charge in [-0.1, -0.05) is 36.4 Å². The van der Waals surface area contributed by atoms with E-state index in [4.69, 9.17) is 8.83 Å². The molecule has 4 saturated heterocycles. The molecule has 4 aliphatic rings. The molecular weight excluding hydrogens is 536 g/mol. The first-order valence-electron chi connectivity index (χ1n) is 13.9. The van der Waals surface area contributed by atoms with Crippen LogP contribution >= 0.6 is 0 Å². The minimum absolute atomic E-state index is 0.377. The molecule has 4 fully saturated rings. The lowest BCUT2D eigenvalue weighted by molar-refractivity contribution is -0.136. The molecule has 8 rings (SSSR count). The Morgan fingerprint density at radius 2 is 0.905 bits per heavy atom. The number of nitrogens with zero attached hydrogens (tertiary/aromatic N) is 4. The smallest absolute Gasteiger partial charge is 0.253 e. The summed E-state index contributed by atoms with van der Waals surface area (Å²) in [5, 5.41) is 3.52. The Balaban J connectivity index is 1.32. The summed E-state index contributed by atoms with van der Waals surface area (Å²) in [4.78, 5) is 59.7. The van der Waals surface area contributed by atoms with Crippen molar-refractivity contribution in [1.82, 2.24) is 10.0 Å². The molecule has 0 bridgehead atoms. The van der Waals surface area contributed by atoms with Crippen molar-refractivity contribution in [2.75, 3.05) is 9.80 Å². The first-order chi connectivity index (χ1) is 20.4. The van der Waals surface area contributed by atoms with E-state index in [0.29, 0.717) is 22.9 Å². The molecule has 10 heteroatoms. The number of anilines is 2. The highest BCUT2D eigenvalue weighted by Crippen LogP contribution is 2.60. The molecule has 0 spiro atoms. The average molecular weight is 563 g/mol. The third-order valence-corrected chi connectivity index (χ3v) is 9.11. The third kappa shape index (κ3) is 3.10. The van der Waals surface area contributed by atoms with Crippen molar-refractivity contribution >= 4 is 35.0 Å². The number of benzene rings is 2. The maximum absolute atomic E-state index is 14.3. The van der Waals surface area contributed by atoms with Crippen LogP contribution in [0.3, 0.4) is 0 Å². The monoisotopic (exact) mass is 562 g/mol. The van der Waals surface area contributed by atoms with Gasteiger partial charge in [-0.15, -0.1) is 0 Å². The van der Waals surface area contributed by atoms with Gasteiger partial charge in [0, 0.05) is 0 Å². The molecule has 210 valence electrons. The van der Waals surface area contributed by atoms with E-state index in [9.17, 15) is 19.2 Å². The van der Waals surface area contributed by atoms with Crippen LogP contribution in [0, 0.1) is 25.7 Å². The highest BCUT2D eigenvalue weighted by molar-refractivity contribution is 6.26. The Morgan fingerprint density at radius 3 is 1.26 bits per heavy atom. The van der Waals surface area contributed by atoms with Crippen LogP contribution in [0.2, 0.25) is 0 Å². The minimum atomic E-state index is -0.972. The molecule has 0 saturated carbocycles. The molecule has 4 aliphatic heterocycles. The number of furan rings is 2. The summed E-state index contributed by atoms with van der Waals surface area (Å²) < 4.78 is 11.7. The van der Waals surface area contributed by atoms with Gasteiger partial charge in [-0.25, -0.2) is 19.8 Å². The van der Waals surface area contributed by atoms with Gasteiger partial charge < -0.3 is 8.83 Å². The standard InChI is InChI=1S/C32H26N4O6/c1-17-9-3-5-11-19(17)33-29(37)23-25(21-13-7-15-41-21)36-28-24(26(22-14-8-16-42-22)35(36)27(23)31(33)39)30(38)34(32(28)40)20-12-6-4-10-18(20)2/h3-16,23-28H,1-2H3/t23-,24-,25-,26+,27+,28+/m1/s1. The summed E-state index contributed by atoms with van der Waals surface area (Å²) in [7, 11) is 0. The maximum atomic E-state index is 14.3. The van der Waals surface area contributed by atoms with Crippen LogP contribution in [0.15, 0.2) is 94.2 Å². The number of hydrazine groups is 1. The lowest BCUT2D eigenvalue weighted by Gasteiger charge is -2.34. The Kier molecular flexibility index (Phi) is 5.26. The quantitative estimate of drug-likeness (QED) is 0.345. The van der Waals surface area contributed by atoms with E-state index in [1.807, 2.05) is 38.1 Å². The number of amides is 4. The Hall–Kier alpha value is -4.80. The fraction of sp³-hybridized carbons (Fsp3) is 0.250. The van der Waals surface area contributed by atoms with Gasteiger partial charge in [0.15, 0.2) is 0 Å². The van der Waals surface area contributed by atoms with Crippen LogP contribution in [-0.4, -0.2) is 45.7 Å². The molecule has 6 heterocycles. The Morgan fingerprint density at radius 1 is 0.500 bits per heavy atom. The van der Waals surface area contributed by atoms with E-state index in [-0.39, 0.29) is 11.8 Å². The minimum Gasteiger partial charge on any atom is -0.468 e. The van der Waals surface area contributed by atoms with Crippen molar-refractivity contribution in [2.24, 2.45) is 11.8 Å². The highest BCUT2D eigenvalue weighted by Gasteiger charge is 2.74. The van der Waals surface area contributed by atoms with Gasteiger partial charge in [0.2, 0.25) is 11.8 Å². The fourth-order valence-corrected chi connectivity index (χ4v) is 7.42. The van der Waals surface area contributed by atoms with Crippen molar-refractivity contribution in [2.45, 2.75) is 38.0 Å². The van der Waals surface area contributed by atoms with Gasteiger partial charge in [0.1, 0.15) is 23.6 Å². The lowest BCUT2D eigenvalue weighted by Crippen LogP contribution is -2.50. The molecule has 2 aromatic heterocycles. The number of hydrogen-bond donors (Lipinski definition) is 0. The second-order valence-electron chi connectivity index (χ2n) is 11.2. The number of rotatable bonds is 4. The van der Waals surface area contributed by atoms with Gasteiger partial charge in [0.05, 0.1) is 47.8 Å². The summed E-state index contributed by atoms with van der Waals surface area (Å²) in [5.41, 5.74) is 2.59. The molecule has 42 heavy (non-hydrogen) atoms. The van der Waals surface area contributed by atoms with Crippen molar-refractivity contribution < 1.29 is 28.0 Å². The van der Waals surface area contributed by atoms with Gasteiger partial charge in [-0.3, -0.25) is 19.2 Å². The van der Waals surface area contributed by atoms with Crippen LogP contribution in [0.5, 0.6) is 0 Å². The number of carbonyl (C=O) groups excluding carboxylic acids is 4. The van der Waals surface area contributed by atoms with E-state index in [2.05, 4.69) is 0 Å². The highest BCUT2D eigenvalue weighted by atomic mass is 16.3. The van der Waals surface area contributed by atoms with Crippen molar-refractivity contribution in [3.63, 3.8) is 0 Å². The molecule has 10 nitrogen and oxygen atoms in total. The van der Waals surface area contributed by atoms with E-state index in [0.717, 1.165) is 11.1 Å². The molecule has 6 atom stereocenters. The summed E-state index contributed by atoms with van der Waals surface area (Å²) in [6.07, 6.45) is 3.01. The van der Waals surface area contributed by atoms with Crippen molar-refractivity contribution in [3.05, 3.63) is 108 Å². The lowest BCUT2D eigenvalue weighted by atomic mass is 9.87. The number of carbonyl (C=O) groups is 4. The fourth-order valence-electron chi connectivity index (χ4n) is 7.42. The molecule has 0 radical (unpaired) electrons. The zero-order valence-corrected chi connectivity index (χ0v) is 22.8. The maximum Gasteiger partial charge on any atom is 0.253 e. The zero-order chi connectivity index (χ0) is 28.9. The molecule has 0 aliphatic carbocycles. The van der Waals surface area contributed by atoms with Crippen LogP contribution in [0.4, 0.5) is 11.4 Å². The molecule has 0 unspecified atom stereocenters. The van der Waals surface area contributed by atoms with Gasteiger partial charge in [-0.2, -0.15) is 0 Å². The number of para-hydroxylation sites is 2. The van der Waals surface area contributed by atoms with E-state index >= 15 is 0 Å². The normalized spacial score (nSPS) is 29.1. The molecule has 0 N–H and O–H groups in total. The third-order valence-electron chi connectivity index (χ3n) is 9.11. The van der Waals surface area contributed by atoms with Crippen LogP contribution in [0.1, 0.15) is 34.7 Å². The number of imide groups is 2. The van der Waals surface area contributed by atoms with Gasteiger partial charge in [-0.05, 0) is 61.4 Å². The topological polar surface area (TPSA) is 108 Å². The largest absolute Gasteiger partial charge is 0.468 e. The Bertz CT molecular complexity index is 1640. The van der Waals surface area contributed by atoms with Crippen molar-refractivity contribution in [1.29, 1.82) is 0 Å². The summed E-state index contributed by atoms with van der Waals surface area (Å²) >= 11 is 0. The van der Waals surface area contributed by atoms with E-state index < -0.39 is 47.8 Å². The van der Waals surface area contributed by atoms with Gasteiger partial charge >= 0.3 is 0 Å². The zero-order valence-electron chi connectivity index (χ0n) is 22.8. The molecular formula is C32H26N4O6.